The third kappa shape index (κ3) is 2.23. The second-order valence-electron chi connectivity index (χ2n) is 5.98. The van der Waals surface area contributed by atoms with Gasteiger partial charge in [-0.2, -0.15) is 4.99 Å². The number of rotatable bonds is 3. The van der Waals surface area contributed by atoms with Gasteiger partial charge in [0.2, 0.25) is 12.9 Å². The Labute approximate surface area is 129 Å². The number of isocyanates is 1. The molecule has 3 rings (SSSR count). The minimum absolute atomic E-state index is 0.183. The van der Waals surface area contributed by atoms with Gasteiger partial charge in [0.15, 0.2) is 11.5 Å². The molecule has 0 N–H and O–H groups in total. The average molecular weight is 308 g/mol. The second-order valence-corrected chi connectivity index (χ2v) is 6.39. The SMILES string of the molecule is CC(C)c1c(C2(N=C=O)CCCC2)cc(Cl)c2c1OCO2. The van der Waals surface area contributed by atoms with Crippen LogP contribution in [0.1, 0.15) is 56.6 Å². The summed E-state index contributed by atoms with van der Waals surface area (Å²) in [5.41, 5.74) is 1.53. The fourth-order valence-corrected chi connectivity index (χ4v) is 3.74. The molecule has 1 heterocycles. The number of benzene rings is 1. The summed E-state index contributed by atoms with van der Waals surface area (Å²) in [6, 6.07) is 1.90. The van der Waals surface area contributed by atoms with Crippen LogP contribution in [0, 0.1) is 0 Å². The molecule has 21 heavy (non-hydrogen) atoms. The van der Waals surface area contributed by atoms with E-state index in [0.29, 0.717) is 16.5 Å². The van der Waals surface area contributed by atoms with Crippen molar-refractivity contribution in [3.05, 3.63) is 22.2 Å². The Hall–Kier alpha value is -1.51. The van der Waals surface area contributed by atoms with Crippen LogP contribution in [-0.4, -0.2) is 12.9 Å². The minimum Gasteiger partial charge on any atom is -0.453 e. The summed E-state index contributed by atoms with van der Waals surface area (Å²) in [5.74, 6) is 1.54. The summed E-state index contributed by atoms with van der Waals surface area (Å²) in [5, 5.41) is 0.522. The number of carbonyl (C=O) groups excluding carboxylic acids is 1. The van der Waals surface area contributed by atoms with Crippen LogP contribution in [0.15, 0.2) is 11.1 Å². The van der Waals surface area contributed by atoms with E-state index < -0.39 is 5.54 Å². The van der Waals surface area contributed by atoms with Crippen LogP contribution in [0.4, 0.5) is 0 Å². The van der Waals surface area contributed by atoms with Gasteiger partial charge in [-0.1, -0.05) is 38.3 Å². The van der Waals surface area contributed by atoms with Crippen molar-refractivity contribution in [2.24, 2.45) is 4.99 Å². The molecule has 0 spiro atoms. The molecule has 1 saturated carbocycles. The van der Waals surface area contributed by atoms with Crippen molar-refractivity contribution in [2.45, 2.75) is 51.0 Å². The van der Waals surface area contributed by atoms with Gasteiger partial charge in [0.25, 0.3) is 0 Å². The Kier molecular flexibility index (Phi) is 3.68. The number of hydrogen-bond donors (Lipinski definition) is 0. The molecule has 5 heteroatoms. The summed E-state index contributed by atoms with van der Waals surface area (Å²) in [6.07, 6.45) is 5.55. The lowest BCUT2D eigenvalue weighted by molar-refractivity contribution is 0.173. The normalized spacial score (nSPS) is 18.9. The van der Waals surface area contributed by atoms with E-state index >= 15 is 0 Å². The van der Waals surface area contributed by atoms with E-state index in [1.807, 2.05) is 6.07 Å². The number of ether oxygens (including phenoxy) is 2. The summed E-state index contributed by atoms with van der Waals surface area (Å²) in [4.78, 5) is 15.1. The van der Waals surface area contributed by atoms with Crippen molar-refractivity contribution >= 4 is 17.7 Å². The molecule has 0 radical (unpaired) electrons. The maximum atomic E-state index is 11.0. The van der Waals surface area contributed by atoms with Crippen LogP contribution in [0.3, 0.4) is 0 Å². The molecule has 0 saturated heterocycles. The first-order valence-electron chi connectivity index (χ1n) is 7.30. The number of hydrogen-bond acceptors (Lipinski definition) is 4. The first-order valence-corrected chi connectivity index (χ1v) is 7.68. The Morgan fingerprint density at radius 3 is 2.57 bits per heavy atom. The maximum absolute atomic E-state index is 11.0. The Morgan fingerprint density at radius 1 is 1.29 bits per heavy atom. The molecule has 1 aliphatic carbocycles. The Morgan fingerprint density at radius 2 is 1.95 bits per heavy atom. The highest BCUT2D eigenvalue weighted by Crippen LogP contribution is 2.52. The lowest BCUT2D eigenvalue weighted by Crippen LogP contribution is -2.22. The van der Waals surface area contributed by atoms with E-state index in [2.05, 4.69) is 18.8 Å². The van der Waals surface area contributed by atoms with Crippen molar-refractivity contribution < 1.29 is 14.3 Å². The van der Waals surface area contributed by atoms with Gasteiger partial charge in [0.05, 0.1) is 10.6 Å². The molecule has 0 amide bonds. The van der Waals surface area contributed by atoms with Crippen molar-refractivity contribution in [1.82, 2.24) is 0 Å². The number of fused-ring (bicyclic) bond motifs is 1. The van der Waals surface area contributed by atoms with Crippen LogP contribution in [0.5, 0.6) is 11.5 Å². The Bertz CT molecular complexity index is 614. The number of aliphatic imine (C=N–C) groups is 1. The molecule has 1 aliphatic heterocycles. The smallest absolute Gasteiger partial charge is 0.235 e. The summed E-state index contributed by atoms with van der Waals surface area (Å²) >= 11 is 6.35. The van der Waals surface area contributed by atoms with Gasteiger partial charge < -0.3 is 9.47 Å². The largest absolute Gasteiger partial charge is 0.453 e. The van der Waals surface area contributed by atoms with Gasteiger partial charge in [-0.25, -0.2) is 4.79 Å². The highest BCUT2D eigenvalue weighted by molar-refractivity contribution is 6.32. The van der Waals surface area contributed by atoms with Crippen LogP contribution in [0.25, 0.3) is 0 Å². The Balaban J connectivity index is 2.27. The highest BCUT2D eigenvalue weighted by Gasteiger charge is 2.40. The molecular weight excluding hydrogens is 290 g/mol. The number of halogens is 1. The predicted octanol–water partition coefficient (Wildman–Crippen LogP) is 4.30. The molecule has 0 bridgehead atoms. The summed E-state index contributed by atoms with van der Waals surface area (Å²) < 4.78 is 11.1. The van der Waals surface area contributed by atoms with Gasteiger partial charge in [-0.05, 0) is 30.4 Å². The lowest BCUT2D eigenvalue weighted by Gasteiger charge is -2.28. The van der Waals surface area contributed by atoms with Crippen molar-refractivity contribution in [1.29, 1.82) is 0 Å². The van der Waals surface area contributed by atoms with E-state index in [4.69, 9.17) is 21.1 Å². The van der Waals surface area contributed by atoms with E-state index in [1.165, 1.54) is 0 Å². The van der Waals surface area contributed by atoms with E-state index in [1.54, 1.807) is 6.08 Å². The van der Waals surface area contributed by atoms with E-state index in [0.717, 1.165) is 36.8 Å². The molecular formula is C16H18ClNO3. The fraction of sp³-hybridized carbons (Fsp3) is 0.562. The molecule has 1 aromatic rings. The third-order valence-electron chi connectivity index (χ3n) is 4.40. The van der Waals surface area contributed by atoms with Gasteiger partial charge in [-0.3, -0.25) is 0 Å². The van der Waals surface area contributed by atoms with Crippen LogP contribution < -0.4 is 9.47 Å². The molecule has 0 atom stereocenters. The van der Waals surface area contributed by atoms with Gasteiger partial charge >= 0.3 is 0 Å². The number of nitrogens with zero attached hydrogens (tertiary/aromatic N) is 1. The zero-order valence-corrected chi connectivity index (χ0v) is 13.0. The third-order valence-corrected chi connectivity index (χ3v) is 4.69. The van der Waals surface area contributed by atoms with Gasteiger partial charge in [-0.15, -0.1) is 0 Å². The monoisotopic (exact) mass is 307 g/mol. The van der Waals surface area contributed by atoms with Gasteiger partial charge in [0, 0.05) is 5.56 Å². The fourth-order valence-electron chi connectivity index (χ4n) is 3.50. The van der Waals surface area contributed by atoms with Crippen LogP contribution in [-0.2, 0) is 10.3 Å². The van der Waals surface area contributed by atoms with Crippen LogP contribution >= 0.6 is 11.6 Å². The molecule has 1 fully saturated rings. The molecule has 0 unspecified atom stereocenters. The first-order chi connectivity index (χ1) is 10.1. The quantitative estimate of drug-likeness (QED) is 0.618. The highest BCUT2D eigenvalue weighted by atomic mass is 35.5. The van der Waals surface area contributed by atoms with Crippen LogP contribution in [0.2, 0.25) is 5.02 Å². The van der Waals surface area contributed by atoms with Crippen molar-refractivity contribution in [3.8, 4) is 11.5 Å². The summed E-state index contributed by atoms with van der Waals surface area (Å²) in [6.45, 7) is 4.38. The van der Waals surface area contributed by atoms with Gasteiger partial charge in [0.1, 0.15) is 0 Å². The average Bonchev–Trinajstić information content (AvgIpc) is 3.08. The predicted molar refractivity (Wildman–Crippen MR) is 79.9 cm³/mol. The first kappa shape index (κ1) is 14.4. The van der Waals surface area contributed by atoms with E-state index in [9.17, 15) is 4.79 Å². The minimum atomic E-state index is -0.508. The molecule has 2 aliphatic rings. The van der Waals surface area contributed by atoms with Crippen molar-refractivity contribution in [2.75, 3.05) is 6.79 Å². The maximum Gasteiger partial charge on any atom is 0.235 e. The van der Waals surface area contributed by atoms with Crippen molar-refractivity contribution in [3.63, 3.8) is 0 Å². The lowest BCUT2D eigenvalue weighted by atomic mass is 9.81. The molecule has 112 valence electrons. The standard InChI is InChI=1S/C16H18ClNO3/c1-10(2)13-11(16(18-8-19)5-3-4-6-16)7-12(17)14-15(13)21-9-20-14/h7,10H,3-6,9H2,1-2H3. The molecule has 4 nitrogen and oxygen atoms in total. The molecule has 0 aromatic heterocycles. The molecule has 1 aromatic carbocycles. The van der Waals surface area contributed by atoms with E-state index in [-0.39, 0.29) is 12.7 Å². The topological polar surface area (TPSA) is 47.9 Å². The second kappa shape index (κ2) is 5.36. The summed E-state index contributed by atoms with van der Waals surface area (Å²) in [7, 11) is 0. The zero-order valence-electron chi connectivity index (χ0n) is 12.2. The zero-order chi connectivity index (χ0) is 15.0.